The first-order valence-corrected chi connectivity index (χ1v) is 9.90. The number of nitrogens with one attached hydrogen (secondary N) is 3. The maximum Gasteiger partial charge on any atom is 0.222 e. The molecule has 0 spiro atoms. The van der Waals surface area contributed by atoms with Crippen molar-refractivity contribution in [3.63, 3.8) is 0 Å². The van der Waals surface area contributed by atoms with Crippen LogP contribution in [0.4, 0.5) is 5.95 Å². The predicted molar refractivity (Wildman–Crippen MR) is 125 cm³/mol. The van der Waals surface area contributed by atoms with Gasteiger partial charge in [0, 0.05) is 49.2 Å². The SMILES string of the molecule is CCOc1ccc(-c2cnc(NC)nc2)cc1CNC1CCC(NC)CC1.Cl.Cl. The summed E-state index contributed by atoms with van der Waals surface area (Å²) in [5.74, 6) is 1.58. The summed E-state index contributed by atoms with van der Waals surface area (Å²) in [6.45, 7) is 3.50. The molecule has 162 valence electrons. The van der Waals surface area contributed by atoms with Crippen LogP contribution < -0.4 is 20.7 Å². The van der Waals surface area contributed by atoms with E-state index in [0.29, 0.717) is 24.6 Å². The molecule has 0 bridgehead atoms. The van der Waals surface area contributed by atoms with Gasteiger partial charge in [-0.05, 0) is 57.4 Å². The van der Waals surface area contributed by atoms with Gasteiger partial charge in [-0.2, -0.15) is 0 Å². The molecule has 1 fully saturated rings. The van der Waals surface area contributed by atoms with Gasteiger partial charge in [-0.15, -0.1) is 24.8 Å². The van der Waals surface area contributed by atoms with Crippen LogP contribution in [0.25, 0.3) is 11.1 Å². The molecule has 1 heterocycles. The third kappa shape index (κ3) is 7.00. The normalized spacial score (nSPS) is 18.3. The van der Waals surface area contributed by atoms with Gasteiger partial charge in [0.2, 0.25) is 5.95 Å². The Kier molecular flexibility index (Phi) is 11.3. The van der Waals surface area contributed by atoms with Crippen LogP contribution >= 0.6 is 24.8 Å². The Morgan fingerprint density at radius 2 is 1.62 bits per heavy atom. The number of nitrogens with zero attached hydrogens (tertiary/aromatic N) is 2. The number of aromatic nitrogens is 2. The molecule has 0 unspecified atom stereocenters. The fraction of sp³-hybridized carbons (Fsp3) is 0.524. The number of hydrogen-bond acceptors (Lipinski definition) is 6. The summed E-state index contributed by atoms with van der Waals surface area (Å²) in [5.41, 5.74) is 3.30. The summed E-state index contributed by atoms with van der Waals surface area (Å²) in [6.07, 6.45) is 8.61. The number of anilines is 1. The Balaban J connectivity index is 0.00000210. The first kappa shape index (κ1) is 25.4. The lowest BCUT2D eigenvalue weighted by atomic mass is 9.91. The van der Waals surface area contributed by atoms with E-state index in [4.69, 9.17) is 4.74 Å². The Morgan fingerprint density at radius 3 is 2.21 bits per heavy atom. The van der Waals surface area contributed by atoms with E-state index >= 15 is 0 Å². The standard InChI is InChI=1S/C21H31N5O.2ClH/c1-4-27-20-10-5-15(17-13-25-21(23-3)26-14-17)11-16(20)12-24-19-8-6-18(22-2)7-9-19;;/h5,10-11,13-14,18-19,22,24H,4,6-9,12H2,1-3H3,(H,23,25,26);2*1H. The Morgan fingerprint density at radius 1 is 0.966 bits per heavy atom. The van der Waals surface area contributed by atoms with Crippen LogP contribution in [0.5, 0.6) is 5.75 Å². The third-order valence-corrected chi connectivity index (χ3v) is 5.29. The van der Waals surface area contributed by atoms with E-state index in [1.165, 1.54) is 31.2 Å². The summed E-state index contributed by atoms with van der Waals surface area (Å²) in [4.78, 5) is 8.64. The van der Waals surface area contributed by atoms with Gasteiger partial charge in [0.15, 0.2) is 0 Å². The molecule has 0 saturated heterocycles. The van der Waals surface area contributed by atoms with Gasteiger partial charge in [0.1, 0.15) is 5.75 Å². The molecule has 1 aliphatic carbocycles. The monoisotopic (exact) mass is 441 g/mol. The first-order chi connectivity index (χ1) is 13.2. The first-order valence-electron chi connectivity index (χ1n) is 9.90. The second-order valence-corrected chi connectivity index (χ2v) is 7.02. The van der Waals surface area contributed by atoms with E-state index in [-0.39, 0.29) is 24.8 Å². The average molecular weight is 442 g/mol. The van der Waals surface area contributed by atoms with E-state index in [1.807, 2.05) is 26.4 Å². The lowest BCUT2D eigenvalue weighted by Crippen LogP contribution is -2.38. The van der Waals surface area contributed by atoms with Crippen molar-refractivity contribution in [3.8, 4) is 16.9 Å². The second-order valence-electron chi connectivity index (χ2n) is 7.02. The fourth-order valence-electron chi connectivity index (χ4n) is 3.64. The van der Waals surface area contributed by atoms with Crippen LogP contribution in [0.15, 0.2) is 30.6 Å². The van der Waals surface area contributed by atoms with Gasteiger partial charge < -0.3 is 20.7 Å². The quantitative estimate of drug-likeness (QED) is 0.573. The van der Waals surface area contributed by atoms with Gasteiger partial charge in [-0.3, -0.25) is 0 Å². The highest BCUT2D eigenvalue weighted by atomic mass is 35.5. The van der Waals surface area contributed by atoms with E-state index in [0.717, 1.165) is 23.4 Å². The fourth-order valence-corrected chi connectivity index (χ4v) is 3.64. The number of halogens is 2. The molecule has 1 aromatic heterocycles. The van der Waals surface area contributed by atoms with E-state index < -0.39 is 0 Å². The molecule has 3 N–H and O–H groups in total. The van der Waals surface area contributed by atoms with Crippen LogP contribution in [0.1, 0.15) is 38.2 Å². The van der Waals surface area contributed by atoms with E-state index in [2.05, 4.69) is 51.2 Å². The van der Waals surface area contributed by atoms with E-state index in [9.17, 15) is 0 Å². The van der Waals surface area contributed by atoms with Gasteiger partial charge in [-0.25, -0.2) is 9.97 Å². The number of ether oxygens (including phenoxy) is 1. The highest BCUT2D eigenvalue weighted by Gasteiger charge is 2.20. The van der Waals surface area contributed by atoms with Crippen molar-refractivity contribution in [2.24, 2.45) is 0 Å². The molecule has 1 saturated carbocycles. The van der Waals surface area contributed by atoms with Gasteiger partial charge in [-0.1, -0.05) is 6.07 Å². The van der Waals surface area contributed by atoms with Crippen LogP contribution in [-0.2, 0) is 6.54 Å². The summed E-state index contributed by atoms with van der Waals surface area (Å²) < 4.78 is 5.85. The number of hydrogen-bond donors (Lipinski definition) is 3. The zero-order valence-electron chi connectivity index (χ0n) is 17.4. The summed E-state index contributed by atoms with van der Waals surface area (Å²) >= 11 is 0. The molecule has 29 heavy (non-hydrogen) atoms. The summed E-state index contributed by atoms with van der Waals surface area (Å²) in [6, 6.07) is 7.57. The Bertz CT molecular complexity index is 722. The van der Waals surface area contributed by atoms with Gasteiger partial charge >= 0.3 is 0 Å². The molecule has 0 amide bonds. The van der Waals surface area contributed by atoms with Crippen molar-refractivity contribution >= 4 is 30.8 Å². The molecule has 0 atom stereocenters. The summed E-state index contributed by atoms with van der Waals surface area (Å²) in [7, 11) is 3.88. The van der Waals surface area contributed by atoms with Crippen LogP contribution in [0, 0.1) is 0 Å². The molecule has 2 aromatic rings. The van der Waals surface area contributed by atoms with E-state index in [1.54, 1.807) is 0 Å². The topological polar surface area (TPSA) is 71.1 Å². The van der Waals surface area contributed by atoms with Crippen molar-refractivity contribution in [2.45, 2.75) is 51.2 Å². The zero-order valence-corrected chi connectivity index (χ0v) is 19.0. The average Bonchev–Trinajstić information content (AvgIpc) is 2.73. The highest BCUT2D eigenvalue weighted by molar-refractivity contribution is 5.85. The molecule has 0 radical (unpaired) electrons. The lowest BCUT2D eigenvalue weighted by Gasteiger charge is -2.29. The molecule has 8 heteroatoms. The maximum absolute atomic E-state index is 5.85. The van der Waals surface area contributed by atoms with Crippen molar-refractivity contribution < 1.29 is 4.74 Å². The summed E-state index contributed by atoms with van der Waals surface area (Å²) in [5, 5.41) is 10.1. The largest absolute Gasteiger partial charge is 0.494 e. The zero-order chi connectivity index (χ0) is 19.1. The Labute approximate surface area is 186 Å². The molecule has 3 rings (SSSR count). The molecular weight excluding hydrogens is 409 g/mol. The minimum atomic E-state index is 0. The second kappa shape index (κ2) is 12.9. The van der Waals surface area contributed by atoms with Crippen LogP contribution in [0.2, 0.25) is 0 Å². The van der Waals surface area contributed by atoms with Gasteiger partial charge in [0.25, 0.3) is 0 Å². The van der Waals surface area contributed by atoms with Gasteiger partial charge in [0.05, 0.1) is 6.61 Å². The van der Waals surface area contributed by atoms with Crippen molar-refractivity contribution in [1.82, 2.24) is 20.6 Å². The molecule has 0 aliphatic heterocycles. The van der Waals surface area contributed by atoms with Crippen molar-refractivity contribution in [1.29, 1.82) is 0 Å². The van der Waals surface area contributed by atoms with Crippen molar-refractivity contribution in [3.05, 3.63) is 36.2 Å². The van der Waals surface area contributed by atoms with Crippen LogP contribution in [-0.4, -0.2) is 42.8 Å². The van der Waals surface area contributed by atoms with Crippen LogP contribution in [0.3, 0.4) is 0 Å². The molecular formula is C21H33Cl2N5O. The third-order valence-electron chi connectivity index (χ3n) is 5.29. The predicted octanol–water partition coefficient (Wildman–Crippen LogP) is 4.05. The maximum atomic E-state index is 5.85. The molecule has 1 aromatic carbocycles. The highest BCUT2D eigenvalue weighted by Crippen LogP contribution is 2.27. The smallest absolute Gasteiger partial charge is 0.222 e. The molecule has 6 nitrogen and oxygen atoms in total. The van der Waals surface area contributed by atoms with Crippen molar-refractivity contribution in [2.75, 3.05) is 26.0 Å². The minimum Gasteiger partial charge on any atom is -0.494 e. The number of benzene rings is 1. The molecule has 1 aliphatic rings. The Hall–Kier alpha value is -1.60. The number of rotatable bonds is 8. The lowest BCUT2D eigenvalue weighted by molar-refractivity contribution is 0.310. The minimum absolute atomic E-state index is 0.